The predicted molar refractivity (Wildman–Crippen MR) is 137 cm³/mol. The third-order valence-corrected chi connectivity index (χ3v) is 8.74. The topological polar surface area (TPSA) is 106 Å². The van der Waals surface area contributed by atoms with Crippen LogP contribution in [0.2, 0.25) is 0 Å². The van der Waals surface area contributed by atoms with E-state index in [-0.39, 0.29) is 36.1 Å². The summed E-state index contributed by atoms with van der Waals surface area (Å²) in [7, 11) is 1.38. The number of nitro benzene ring substituents is 1. The quantitative estimate of drug-likeness (QED) is 0.306. The van der Waals surface area contributed by atoms with Crippen LogP contribution in [0.3, 0.4) is 0 Å². The van der Waals surface area contributed by atoms with E-state index in [9.17, 15) is 32.9 Å². The van der Waals surface area contributed by atoms with Crippen LogP contribution < -0.4 is 0 Å². The number of carbonyl (C=O) groups is 2. The normalized spacial score (nSPS) is 24.0. The van der Waals surface area contributed by atoms with Crippen molar-refractivity contribution in [3.63, 3.8) is 0 Å². The lowest BCUT2D eigenvalue weighted by molar-refractivity contribution is -0.385. The Labute approximate surface area is 229 Å². The second-order valence-corrected chi connectivity index (χ2v) is 10.9. The zero-order valence-electron chi connectivity index (χ0n) is 22.2. The fourth-order valence-corrected chi connectivity index (χ4v) is 6.55. The van der Waals surface area contributed by atoms with E-state index in [1.54, 1.807) is 17.0 Å². The molecule has 1 aliphatic carbocycles. The van der Waals surface area contributed by atoms with Crippen LogP contribution in [0.1, 0.15) is 54.5 Å². The minimum atomic E-state index is -4.54. The number of halogens is 3. The van der Waals surface area contributed by atoms with Gasteiger partial charge in [-0.25, -0.2) is 0 Å². The summed E-state index contributed by atoms with van der Waals surface area (Å²) in [6.45, 7) is 1.65. The molecule has 1 aromatic heterocycles. The number of alkyl halides is 3. The molecule has 12 heteroatoms. The first-order valence-corrected chi connectivity index (χ1v) is 13.4. The summed E-state index contributed by atoms with van der Waals surface area (Å²) in [5.41, 5.74) is -0.572. The number of hydrogen-bond donors (Lipinski definition) is 0. The number of likely N-dealkylation sites (tertiary alicyclic amines) is 1. The van der Waals surface area contributed by atoms with E-state index in [4.69, 9.17) is 4.74 Å². The predicted octanol–water partition coefficient (Wildman–Crippen LogP) is 4.27. The van der Waals surface area contributed by atoms with Gasteiger partial charge in [0.25, 0.3) is 5.69 Å². The van der Waals surface area contributed by atoms with Crippen LogP contribution in [-0.4, -0.2) is 64.4 Å². The third-order valence-electron chi connectivity index (χ3n) is 8.74. The van der Waals surface area contributed by atoms with Gasteiger partial charge in [0.2, 0.25) is 5.91 Å². The molecule has 9 nitrogen and oxygen atoms in total. The van der Waals surface area contributed by atoms with Crippen molar-refractivity contribution in [2.24, 2.45) is 5.92 Å². The Bertz CT molecular complexity index is 1310. The number of benzene rings is 1. The zero-order chi connectivity index (χ0) is 28.7. The van der Waals surface area contributed by atoms with Crippen molar-refractivity contribution in [2.45, 2.75) is 62.7 Å². The number of pyridine rings is 1. The molecule has 2 atom stereocenters. The number of fused-ring (bicyclic) bond motifs is 1. The van der Waals surface area contributed by atoms with Gasteiger partial charge in [0.1, 0.15) is 0 Å². The molecule has 3 heterocycles. The van der Waals surface area contributed by atoms with E-state index in [1.807, 2.05) is 0 Å². The molecule has 1 aromatic carbocycles. The molecule has 2 fully saturated rings. The smallest absolute Gasteiger partial charge is 0.417 e. The molecule has 1 saturated carbocycles. The van der Waals surface area contributed by atoms with Gasteiger partial charge in [-0.05, 0) is 62.4 Å². The molecule has 3 aliphatic rings. The van der Waals surface area contributed by atoms with Crippen molar-refractivity contribution in [3.8, 4) is 0 Å². The van der Waals surface area contributed by atoms with Crippen molar-refractivity contribution in [1.82, 2.24) is 14.8 Å². The summed E-state index contributed by atoms with van der Waals surface area (Å²) in [5.74, 6) is -0.613. The van der Waals surface area contributed by atoms with E-state index in [0.717, 1.165) is 12.3 Å². The molecule has 1 amide bonds. The van der Waals surface area contributed by atoms with Crippen LogP contribution in [0.25, 0.3) is 0 Å². The number of hydrogen-bond acceptors (Lipinski definition) is 7. The Morgan fingerprint density at radius 1 is 1.15 bits per heavy atom. The number of piperidine rings is 1. The van der Waals surface area contributed by atoms with Gasteiger partial charge in [0, 0.05) is 49.6 Å². The number of ether oxygens (including phenoxy) is 1. The first kappa shape index (κ1) is 28.0. The van der Waals surface area contributed by atoms with Crippen LogP contribution in [-0.2, 0) is 38.9 Å². The lowest BCUT2D eigenvalue weighted by Crippen LogP contribution is -2.49. The average Bonchev–Trinajstić information content (AvgIpc) is 3.42. The van der Waals surface area contributed by atoms with E-state index < -0.39 is 22.1 Å². The highest BCUT2D eigenvalue weighted by Gasteiger charge is 2.51. The fourth-order valence-electron chi connectivity index (χ4n) is 6.55. The molecule has 0 bridgehead atoms. The molecule has 5 rings (SSSR count). The maximum absolute atomic E-state index is 14.3. The summed E-state index contributed by atoms with van der Waals surface area (Å²) in [6.07, 6.45) is -0.518. The van der Waals surface area contributed by atoms with Gasteiger partial charge in [0.15, 0.2) is 0 Å². The van der Waals surface area contributed by atoms with Crippen LogP contribution in [0.5, 0.6) is 0 Å². The Morgan fingerprint density at radius 3 is 2.58 bits per heavy atom. The highest BCUT2D eigenvalue weighted by Crippen LogP contribution is 2.46. The summed E-state index contributed by atoms with van der Waals surface area (Å²) in [6, 6.07) is 7.22. The van der Waals surface area contributed by atoms with Gasteiger partial charge in [-0.2, -0.15) is 13.2 Å². The molecule has 214 valence electrons. The molecular formula is C28H31F3N4O5. The number of carbonyl (C=O) groups excluding carboxylic acids is 2. The number of methoxy groups -OCH3 is 1. The number of aromatic nitrogens is 1. The van der Waals surface area contributed by atoms with Gasteiger partial charge in [-0.1, -0.05) is 12.1 Å². The molecule has 2 unspecified atom stereocenters. The average molecular weight is 561 g/mol. The number of rotatable bonds is 5. The largest absolute Gasteiger partial charge is 0.469 e. The Hall–Kier alpha value is -3.54. The lowest BCUT2D eigenvalue weighted by atomic mass is 9.76. The van der Waals surface area contributed by atoms with Crippen molar-refractivity contribution in [2.75, 3.05) is 26.7 Å². The number of nitro groups is 1. The number of amides is 1. The van der Waals surface area contributed by atoms with Gasteiger partial charge >= 0.3 is 12.1 Å². The second-order valence-electron chi connectivity index (χ2n) is 10.9. The lowest BCUT2D eigenvalue weighted by Gasteiger charge is -2.39. The highest BCUT2D eigenvalue weighted by atomic mass is 19.4. The molecule has 40 heavy (non-hydrogen) atoms. The first-order chi connectivity index (χ1) is 19.0. The Kier molecular flexibility index (Phi) is 7.56. The molecule has 0 radical (unpaired) electrons. The standard InChI is InChI=1S/C28H31F3N4O5/c1-40-25(36)18-6-10-33(11-7-18)23-5-9-27(15-23,20-3-2-4-22(14-20)35(38)39)26(37)34-12-8-24-19(17-34)13-21(16-32-24)28(29,30)31/h2-4,13-14,16,18,23H,5-12,15,17H2,1H3. The summed E-state index contributed by atoms with van der Waals surface area (Å²) >= 11 is 0. The van der Waals surface area contributed by atoms with Crippen molar-refractivity contribution < 1.29 is 32.4 Å². The van der Waals surface area contributed by atoms with Crippen LogP contribution in [0.15, 0.2) is 36.5 Å². The second kappa shape index (κ2) is 10.8. The molecule has 1 saturated heterocycles. The molecule has 0 spiro atoms. The van der Waals surface area contributed by atoms with Crippen LogP contribution in [0.4, 0.5) is 18.9 Å². The monoisotopic (exact) mass is 560 g/mol. The SMILES string of the molecule is COC(=O)C1CCN(C2CCC(C(=O)N3CCc4ncc(C(F)(F)F)cc4C3)(c3cccc([N+](=O)[O-])c3)C2)CC1. The van der Waals surface area contributed by atoms with Crippen molar-refractivity contribution in [1.29, 1.82) is 0 Å². The van der Waals surface area contributed by atoms with Gasteiger partial charge in [-0.15, -0.1) is 0 Å². The van der Waals surface area contributed by atoms with Gasteiger partial charge < -0.3 is 14.5 Å². The Balaban J connectivity index is 1.43. The van der Waals surface area contributed by atoms with Gasteiger partial charge in [-0.3, -0.25) is 24.7 Å². The minimum Gasteiger partial charge on any atom is -0.469 e. The van der Waals surface area contributed by atoms with Crippen molar-refractivity contribution in [3.05, 3.63) is 69.0 Å². The van der Waals surface area contributed by atoms with Crippen molar-refractivity contribution >= 4 is 17.6 Å². The van der Waals surface area contributed by atoms with E-state index >= 15 is 0 Å². The fraction of sp³-hybridized carbons (Fsp3) is 0.536. The van der Waals surface area contributed by atoms with Crippen LogP contribution in [0, 0.1) is 16.0 Å². The zero-order valence-corrected chi connectivity index (χ0v) is 22.2. The summed E-state index contributed by atoms with van der Waals surface area (Å²) in [5, 5.41) is 11.6. The van der Waals surface area contributed by atoms with E-state index in [1.165, 1.54) is 19.2 Å². The highest BCUT2D eigenvalue weighted by molar-refractivity contribution is 5.89. The number of esters is 1. The Morgan fingerprint density at radius 2 is 1.90 bits per heavy atom. The number of nitrogens with zero attached hydrogens (tertiary/aromatic N) is 4. The minimum absolute atomic E-state index is 0.00302. The van der Waals surface area contributed by atoms with E-state index in [0.29, 0.717) is 75.0 Å². The van der Waals surface area contributed by atoms with E-state index in [2.05, 4.69) is 9.88 Å². The molecular weight excluding hydrogens is 529 g/mol. The number of non-ortho nitro benzene ring substituents is 1. The maximum atomic E-state index is 14.3. The first-order valence-electron chi connectivity index (χ1n) is 13.4. The summed E-state index contributed by atoms with van der Waals surface area (Å²) < 4.78 is 44.9. The summed E-state index contributed by atoms with van der Waals surface area (Å²) in [4.78, 5) is 45.3. The molecule has 0 N–H and O–H groups in total. The molecule has 2 aromatic rings. The third kappa shape index (κ3) is 5.28. The maximum Gasteiger partial charge on any atom is 0.417 e. The van der Waals surface area contributed by atoms with Gasteiger partial charge in [0.05, 0.1) is 28.9 Å². The molecule has 2 aliphatic heterocycles. The van der Waals surface area contributed by atoms with Crippen LogP contribution >= 0.6 is 0 Å².